The molecule has 0 aliphatic heterocycles. The fraction of sp³-hybridized carbons (Fsp3) is 0.556. The quantitative estimate of drug-likeness (QED) is 0.317. The van der Waals surface area contributed by atoms with Gasteiger partial charge in [0.2, 0.25) is 0 Å². The normalized spacial score (nSPS) is 13.8. The molecule has 0 saturated carbocycles. The van der Waals surface area contributed by atoms with E-state index in [2.05, 4.69) is 42.5 Å². The van der Waals surface area contributed by atoms with Crippen molar-refractivity contribution in [2.45, 2.75) is 18.3 Å². The Labute approximate surface area is 198 Å². The van der Waals surface area contributed by atoms with E-state index in [1.54, 1.807) is 14.2 Å². The van der Waals surface area contributed by atoms with Crippen LogP contribution in [0.3, 0.4) is 0 Å². The summed E-state index contributed by atoms with van der Waals surface area (Å²) in [5, 5.41) is 0. The molecule has 33 heavy (non-hydrogen) atoms. The van der Waals surface area contributed by atoms with Crippen LogP contribution < -0.4 is 0 Å². The molecule has 0 atom stereocenters. The SMILES string of the molecule is COCCOCCOCCC1(CCOCCOCCOC)c2c[c]ccc2-c2ccccc21. The summed E-state index contributed by atoms with van der Waals surface area (Å²) in [4.78, 5) is 0. The summed E-state index contributed by atoms with van der Waals surface area (Å²) in [5.74, 6) is 0. The van der Waals surface area contributed by atoms with Crippen molar-refractivity contribution < 1.29 is 28.4 Å². The van der Waals surface area contributed by atoms with Gasteiger partial charge in [-0.3, -0.25) is 0 Å². The van der Waals surface area contributed by atoms with Crippen LogP contribution >= 0.6 is 0 Å². The molecule has 1 aliphatic rings. The lowest BCUT2D eigenvalue weighted by molar-refractivity contribution is 0.0145. The summed E-state index contributed by atoms with van der Waals surface area (Å²) < 4.78 is 33.0. The Hall–Kier alpha value is -1.80. The summed E-state index contributed by atoms with van der Waals surface area (Å²) in [6.45, 7) is 5.98. The van der Waals surface area contributed by atoms with Crippen LogP contribution in [0.15, 0.2) is 42.5 Å². The van der Waals surface area contributed by atoms with Crippen molar-refractivity contribution in [3.63, 3.8) is 0 Å². The fourth-order valence-corrected chi connectivity index (χ4v) is 4.43. The third-order valence-electron chi connectivity index (χ3n) is 6.07. The smallest absolute Gasteiger partial charge is 0.0701 e. The van der Waals surface area contributed by atoms with Crippen LogP contribution in [-0.2, 0) is 33.8 Å². The molecule has 0 unspecified atom stereocenters. The van der Waals surface area contributed by atoms with Gasteiger partial charge in [-0.2, -0.15) is 0 Å². The summed E-state index contributed by atoms with van der Waals surface area (Å²) in [6.07, 6.45) is 1.75. The predicted molar refractivity (Wildman–Crippen MR) is 128 cm³/mol. The molecule has 0 fully saturated rings. The Morgan fingerprint density at radius 3 is 1.73 bits per heavy atom. The van der Waals surface area contributed by atoms with Crippen LogP contribution in [-0.4, -0.2) is 80.3 Å². The molecule has 0 amide bonds. The predicted octanol–water partition coefficient (Wildman–Crippen LogP) is 3.89. The average Bonchev–Trinajstić information content (AvgIpc) is 3.13. The maximum Gasteiger partial charge on any atom is 0.0701 e. The molecular formula is C27H37O6. The van der Waals surface area contributed by atoms with Crippen LogP contribution in [0.25, 0.3) is 11.1 Å². The highest BCUT2D eigenvalue weighted by Gasteiger charge is 2.42. The fourth-order valence-electron chi connectivity index (χ4n) is 4.43. The zero-order chi connectivity index (χ0) is 23.2. The van der Waals surface area contributed by atoms with Gasteiger partial charge in [0.1, 0.15) is 0 Å². The van der Waals surface area contributed by atoms with Crippen molar-refractivity contribution in [2.24, 2.45) is 0 Å². The second kappa shape index (κ2) is 14.5. The number of benzene rings is 2. The highest BCUT2D eigenvalue weighted by atomic mass is 16.5. The lowest BCUT2D eigenvalue weighted by Crippen LogP contribution is -2.29. The molecule has 0 saturated heterocycles. The third-order valence-corrected chi connectivity index (χ3v) is 6.07. The molecule has 1 aliphatic carbocycles. The van der Waals surface area contributed by atoms with Gasteiger partial charge in [0.05, 0.1) is 52.9 Å². The number of methoxy groups -OCH3 is 2. The van der Waals surface area contributed by atoms with E-state index in [0.29, 0.717) is 66.1 Å². The first-order chi connectivity index (χ1) is 16.3. The Kier molecular flexibility index (Phi) is 11.3. The third kappa shape index (κ3) is 7.09. The summed E-state index contributed by atoms with van der Waals surface area (Å²) in [5.41, 5.74) is 5.09. The van der Waals surface area contributed by atoms with E-state index in [1.807, 2.05) is 6.07 Å². The molecule has 0 aromatic heterocycles. The van der Waals surface area contributed by atoms with Crippen molar-refractivity contribution in [2.75, 3.05) is 80.3 Å². The van der Waals surface area contributed by atoms with Crippen molar-refractivity contribution in [3.8, 4) is 11.1 Å². The van der Waals surface area contributed by atoms with Gasteiger partial charge in [-0.25, -0.2) is 0 Å². The molecular weight excluding hydrogens is 420 g/mol. The molecule has 1 radical (unpaired) electrons. The van der Waals surface area contributed by atoms with Gasteiger partial charge in [-0.15, -0.1) is 0 Å². The molecule has 3 rings (SSSR count). The summed E-state index contributed by atoms with van der Waals surface area (Å²) >= 11 is 0. The molecule has 0 spiro atoms. The van der Waals surface area contributed by atoms with Crippen LogP contribution in [0.1, 0.15) is 24.0 Å². The van der Waals surface area contributed by atoms with Gasteiger partial charge in [-0.1, -0.05) is 36.4 Å². The van der Waals surface area contributed by atoms with Gasteiger partial charge >= 0.3 is 0 Å². The van der Waals surface area contributed by atoms with E-state index >= 15 is 0 Å². The standard InChI is InChI=1S/C27H37O6/c1-28-15-17-32-21-19-30-13-11-27(12-14-31-20-22-33-18-16-29-2)25-9-5-3-7-23(25)24-8-4-6-10-26(24)27/h3-5,7-10H,11-22H2,1-2H3. The minimum Gasteiger partial charge on any atom is -0.382 e. The monoisotopic (exact) mass is 457 g/mol. The number of hydrogen-bond acceptors (Lipinski definition) is 6. The second-order valence-corrected chi connectivity index (χ2v) is 8.03. The van der Waals surface area contributed by atoms with Crippen molar-refractivity contribution in [1.29, 1.82) is 0 Å². The average molecular weight is 458 g/mol. The molecule has 2 aromatic carbocycles. The van der Waals surface area contributed by atoms with Gasteiger partial charge in [0.15, 0.2) is 0 Å². The number of fused-ring (bicyclic) bond motifs is 3. The van der Waals surface area contributed by atoms with Crippen LogP contribution in [0, 0.1) is 6.07 Å². The first-order valence-electron chi connectivity index (χ1n) is 11.7. The Bertz CT molecular complexity index is 741. The van der Waals surface area contributed by atoms with E-state index in [1.165, 1.54) is 22.3 Å². The van der Waals surface area contributed by atoms with Crippen LogP contribution in [0.2, 0.25) is 0 Å². The van der Waals surface area contributed by atoms with E-state index in [-0.39, 0.29) is 5.41 Å². The topological polar surface area (TPSA) is 55.4 Å². The van der Waals surface area contributed by atoms with E-state index in [0.717, 1.165) is 12.8 Å². The second-order valence-electron chi connectivity index (χ2n) is 8.03. The number of rotatable bonds is 18. The first kappa shape index (κ1) is 25.8. The van der Waals surface area contributed by atoms with Crippen molar-refractivity contribution >= 4 is 0 Å². The maximum absolute atomic E-state index is 5.96. The minimum atomic E-state index is -0.155. The van der Waals surface area contributed by atoms with E-state index in [4.69, 9.17) is 28.4 Å². The van der Waals surface area contributed by atoms with Crippen LogP contribution in [0.4, 0.5) is 0 Å². The lowest BCUT2D eigenvalue weighted by Gasteiger charge is -2.32. The van der Waals surface area contributed by atoms with E-state index < -0.39 is 0 Å². The molecule has 2 aromatic rings. The first-order valence-corrected chi connectivity index (χ1v) is 11.7. The van der Waals surface area contributed by atoms with Crippen molar-refractivity contribution in [3.05, 3.63) is 59.7 Å². The Morgan fingerprint density at radius 1 is 0.606 bits per heavy atom. The maximum atomic E-state index is 5.96. The van der Waals surface area contributed by atoms with Gasteiger partial charge in [0, 0.05) is 32.8 Å². The molecule has 6 nitrogen and oxygen atoms in total. The van der Waals surface area contributed by atoms with E-state index in [9.17, 15) is 0 Å². The zero-order valence-corrected chi connectivity index (χ0v) is 20.0. The molecule has 6 heteroatoms. The number of ether oxygens (including phenoxy) is 6. The molecule has 0 N–H and O–H groups in total. The van der Waals surface area contributed by atoms with Gasteiger partial charge in [-0.05, 0) is 47.2 Å². The summed E-state index contributed by atoms with van der Waals surface area (Å²) in [6, 6.07) is 18.3. The van der Waals surface area contributed by atoms with Gasteiger partial charge in [0.25, 0.3) is 0 Å². The van der Waals surface area contributed by atoms with Crippen LogP contribution in [0.5, 0.6) is 0 Å². The zero-order valence-electron chi connectivity index (χ0n) is 20.0. The van der Waals surface area contributed by atoms with Gasteiger partial charge < -0.3 is 28.4 Å². The Morgan fingerprint density at radius 2 is 1.12 bits per heavy atom. The molecule has 0 heterocycles. The highest BCUT2D eigenvalue weighted by Crippen LogP contribution is 2.52. The number of hydrogen-bond donors (Lipinski definition) is 0. The lowest BCUT2D eigenvalue weighted by atomic mass is 9.73. The largest absolute Gasteiger partial charge is 0.382 e. The minimum absolute atomic E-state index is 0.155. The molecule has 0 bridgehead atoms. The highest BCUT2D eigenvalue weighted by molar-refractivity contribution is 5.80. The Balaban J connectivity index is 1.61. The summed E-state index contributed by atoms with van der Waals surface area (Å²) in [7, 11) is 3.35. The van der Waals surface area contributed by atoms with Crippen molar-refractivity contribution in [1.82, 2.24) is 0 Å². The molecule has 181 valence electrons.